The summed E-state index contributed by atoms with van der Waals surface area (Å²) in [4.78, 5) is 12.2. The smallest absolute Gasteiger partial charge is 0.178 e. The number of pyridine rings is 1. The number of H-pyrrole nitrogens is 1. The Morgan fingerprint density at radius 1 is 1.28 bits per heavy atom. The molecule has 0 aliphatic carbocycles. The fourth-order valence-corrected chi connectivity index (χ4v) is 2.39. The van der Waals surface area contributed by atoms with Crippen LogP contribution in [-0.4, -0.2) is 15.0 Å². The van der Waals surface area contributed by atoms with E-state index in [0.29, 0.717) is 0 Å². The van der Waals surface area contributed by atoms with Crippen LogP contribution in [0.4, 0.5) is 0 Å². The number of aryl methyl sites for hydroxylation is 1. The Morgan fingerprint density at radius 2 is 2.11 bits per heavy atom. The van der Waals surface area contributed by atoms with E-state index in [1.807, 2.05) is 12.1 Å². The van der Waals surface area contributed by atoms with E-state index in [2.05, 4.69) is 56.0 Å². The lowest BCUT2D eigenvalue weighted by Gasteiger charge is -2.03. The van der Waals surface area contributed by atoms with Gasteiger partial charge >= 0.3 is 0 Å². The monoisotopic (exact) mass is 301 g/mol. The second kappa shape index (κ2) is 4.53. The van der Waals surface area contributed by atoms with E-state index in [-0.39, 0.29) is 0 Å². The Bertz CT molecular complexity index is 703. The van der Waals surface area contributed by atoms with Crippen molar-refractivity contribution in [3.05, 3.63) is 46.6 Å². The highest BCUT2D eigenvalue weighted by atomic mass is 79.9. The predicted molar refractivity (Wildman–Crippen MR) is 76.4 cm³/mol. The summed E-state index contributed by atoms with van der Waals surface area (Å²) >= 11 is 3.42. The first-order chi connectivity index (χ1) is 8.78. The number of nitrogens with zero attached hydrogens (tertiary/aromatic N) is 2. The largest absolute Gasteiger partial charge is 0.337 e. The van der Waals surface area contributed by atoms with Crippen LogP contribution in [0, 0.1) is 0 Å². The molecule has 0 unspecified atom stereocenters. The van der Waals surface area contributed by atoms with Gasteiger partial charge in [-0.2, -0.15) is 0 Å². The minimum atomic E-state index is 0.749. The van der Waals surface area contributed by atoms with Gasteiger partial charge in [-0.3, -0.25) is 0 Å². The second-order valence-electron chi connectivity index (χ2n) is 4.12. The molecule has 1 N–H and O–H groups in total. The third-order valence-electron chi connectivity index (χ3n) is 2.96. The molecule has 4 heteroatoms. The SMILES string of the molecule is CCc1ccccc1-c1nc2ncc(Br)cc2[nH]1. The van der Waals surface area contributed by atoms with Crippen molar-refractivity contribution in [3.8, 4) is 11.4 Å². The third kappa shape index (κ3) is 1.93. The van der Waals surface area contributed by atoms with Gasteiger partial charge in [-0.15, -0.1) is 0 Å². The first-order valence-electron chi connectivity index (χ1n) is 5.87. The van der Waals surface area contributed by atoms with E-state index in [9.17, 15) is 0 Å². The average Bonchev–Trinajstić information content (AvgIpc) is 2.81. The highest BCUT2D eigenvalue weighted by Crippen LogP contribution is 2.24. The molecule has 0 aliphatic heterocycles. The molecule has 0 aliphatic rings. The summed E-state index contributed by atoms with van der Waals surface area (Å²) in [5.41, 5.74) is 4.13. The molecule has 3 rings (SSSR count). The van der Waals surface area contributed by atoms with Gasteiger partial charge in [0.15, 0.2) is 5.65 Å². The summed E-state index contributed by atoms with van der Waals surface area (Å²) in [5.74, 6) is 0.882. The summed E-state index contributed by atoms with van der Waals surface area (Å²) in [5, 5.41) is 0. The van der Waals surface area contributed by atoms with Crippen LogP contribution in [0.5, 0.6) is 0 Å². The number of aromatic nitrogens is 3. The lowest BCUT2D eigenvalue weighted by atomic mass is 10.1. The van der Waals surface area contributed by atoms with Crippen LogP contribution in [0.3, 0.4) is 0 Å². The summed E-state index contributed by atoms with van der Waals surface area (Å²) in [6.45, 7) is 2.15. The molecule has 2 aromatic heterocycles. The second-order valence-corrected chi connectivity index (χ2v) is 5.04. The maximum absolute atomic E-state index is 4.55. The summed E-state index contributed by atoms with van der Waals surface area (Å²) in [6.07, 6.45) is 2.75. The van der Waals surface area contributed by atoms with Crippen LogP contribution >= 0.6 is 15.9 Å². The molecule has 0 bridgehead atoms. The van der Waals surface area contributed by atoms with Crippen LogP contribution in [0.2, 0.25) is 0 Å². The first kappa shape index (κ1) is 11.4. The van der Waals surface area contributed by atoms with Crippen LogP contribution in [0.25, 0.3) is 22.6 Å². The number of imidazole rings is 1. The van der Waals surface area contributed by atoms with E-state index in [0.717, 1.165) is 33.4 Å². The van der Waals surface area contributed by atoms with Crippen LogP contribution < -0.4 is 0 Å². The van der Waals surface area contributed by atoms with Crippen molar-refractivity contribution < 1.29 is 0 Å². The number of halogens is 1. The summed E-state index contributed by atoms with van der Waals surface area (Å²) in [7, 11) is 0. The van der Waals surface area contributed by atoms with E-state index < -0.39 is 0 Å². The lowest BCUT2D eigenvalue weighted by molar-refractivity contribution is 1.13. The highest BCUT2D eigenvalue weighted by Gasteiger charge is 2.09. The number of nitrogens with one attached hydrogen (secondary N) is 1. The zero-order chi connectivity index (χ0) is 12.5. The standard InChI is InChI=1S/C14H12BrN3/c1-2-9-5-3-4-6-11(9)13-17-12-7-10(15)8-16-14(12)18-13/h3-8H,2H2,1H3,(H,16,17,18). The lowest BCUT2D eigenvalue weighted by Crippen LogP contribution is -1.88. The molecule has 18 heavy (non-hydrogen) atoms. The van der Waals surface area contributed by atoms with Gasteiger partial charge in [-0.25, -0.2) is 9.97 Å². The van der Waals surface area contributed by atoms with Gasteiger partial charge < -0.3 is 4.98 Å². The Hall–Kier alpha value is -1.68. The Balaban J connectivity index is 2.19. The highest BCUT2D eigenvalue weighted by molar-refractivity contribution is 9.10. The molecular weight excluding hydrogens is 290 g/mol. The molecule has 0 saturated heterocycles. The molecule has 0 radical (unpaired) electrons. The maximum atomic E-state index is 4.55. The number of hydrogen-bond donors (Lipinski definition) is 1. The van der Waals surface area contributed by atoms with Gasteiger partial charge in [0.25, 0.3) is 0 Å². The molecule has 1 aromatic carbocycles. The molecule has 0 amide bonds. The van der Waals surface area contributed by atoms with Crippen molar-refractivity contribution in [2.45, 2.75) is 13.3 Å². The summed E-state index contributed by atoms with van der Waals surface area (Å²) < 4.78 is 0.953. The van der Waals surface area contributed by atoms with Gasteiger partial charge in [0.2, 0.25) is 0 Å². The molecule has 0 fully saturated rings. The number of benzene rings is 1. The van der Waals surface area contributed by atoms with Gasteiger partial charge in [0.1, 0.15) is 5.82 Å². The summed E-state index contributed by atoms with van der Waals surface area (Å²) in [6, 6.07) is 10.3. The van der Waals surface area contributed by atoms with Crippen LogP contribution in [-0.2, 0) is 6.42 Å². The van der Waals surface area contributed by atoms with Gasteiger partial charge in [-0.05, 0) is 34.0 Å². The molecule has 2 heterocycles. The van der Waals surface area contributed by atoms with Crippen LogP contribution in [0.15, 0.2) is 41.0 Å². The van der Waals surface area contributed by atoms with E-state index in [4.69, 9.17) is 0 Å². The van der Waals surface area contributed by atoms with Gasteiger partial charge in [0, 0.05) is 16.2 Å². The number of rotatable bonds is 2. The van der Waals surface area contributed by atoms with Crippen molar-refractivity contribution in [2.24, 2.45) is 0 Å². The molecule has 0 saturated carbocycles. The Kier molecular flexibility index (Phi) is 2.88. The van der Waals surface area contributed by atoms with Gasteiger partial charge in [0.05, 0.1) is 5.52 Å². The Morgan fingerprint density at radius 3 is 2.94 bits per heavy atom. The predicted octanol–water partition coefficient (Wildman–Crippen LogP) is 3.95. The van der Waals surface area contributed by atoms with Crippen molar-refractivity contribution >= 4 is 27.1 Å². The zero-order valence-corrected chi connectivity index (χ0v) is 11.5. The number of aromatic amines is 1. The van der Waals surface area contributed by atoms with E-state index in [1.165, 1.54) is 5.56 Å². The third-order valence-corrected chi connectivity index (χ3v) is 3.39. The normalized spacial score (nSPS) is 11.0. The Labute approximate surface area is 113 Å². The molecular formula is C14H12BrN3. The van der Waals surface area contributed by atoms with Crippen molar-refractivity contribution in [3.63, 3.8) is 0 Å². The van der Waals surface area contributed by atoms with Crippen molar-refractivity contribution in [1.82, 2.24) is 15.0 Å². The zero-order valence-electron chi connectivity index (χ0n) is 9.94. The molecule has 90 valence electrons. The number of hydrogen-bond acceptors (Lipinski definition) is 2. The topological polar surface area (TPSA) is 41.6 Å². The molecule has 0 atom stereocenters. The van der Waals surface area contributed by atoms with Crippen LogP contribution in [0.1, 0.15) is 12.5 Å². The molecule has 3 nitrogen and oxygen atoms in total. The number of fused-ring (bicyclic) bond motifs is 1. The fraction of sp³-hybridized carbons (Fsp3) is 0.143. The minimum Gasteiger partial charge on any atom is -0.337 e. The van der Waals surface area contributed by atoms with E-state index >= 15 is 0 Å². The van der Waals surface area contributed by atoms with Crippen molar-refractivity contribution in [2.75, 3.05) is 0 Å². The minimum absolute atomic E-state index is 0.749. The fourth-order valence-electron chi connectivity index (χ4n) is 2.06. The first-order valence-corrected chi connectivity index (χ1v) is 6.67. The quantitative estimate of drug-likeness (QED) is 0.778. The average molecular weight is 302 g/mol. The van der Waals surface area contributed by atoms with Crippen molar-refractivity contribution in [1.29, 1.82) is 0 Å². The molecule has 0 spiro atoms. The van der Waals surface area contributed by atoms with Gasteiger partial charge in [-0.1, -0.05) is 31.2 Å². The maximum Gasteiger partial charge on any atom is 0.178 e. The van der Waals surface area contributed by atoms with E-state index in [1.54, 1.807) is 6.20 Å². The molecule has 3 aromatic rings.